The normalized spacial score (nSPS) is 15.0. The molecule has 164 valence electrons. The van der Waals surface area contributed by atoms with E-state index in [4.69, 9.17) is 19.9 Å². The average molecular weight is 433 g/mol. The highest BCUT2D eigenvalue weighted by Gasteiger charge is 2.38. The lowest BCUT2D eigenvalue weighted by atomic mass is 9.83. The minimum atomic E-state index is -0.759. The predicted octanol–water partition coefficient (Wildman–Crippen LogP) is 2.48. The second-order valence-corrected chi connectivity index (χ2v) is 7.39. The van der Waals surface area contributed by atoms with Gasteiger partial charge in [-0.05, 0) is 36.2 Å². The van der Waals surface area contributed by atoms with Gasteiger partial charge in [-0.3, -0.25) is 9.78 Å². The second kappa shape index (κ2) is 8.58. The van der Waals surface area contributed by atoms with Crippen molar-refractivity contribution >= 4 is 5.97 Å². The standard InChI is InChI=1S/C24H23N3O5/c1-14-11-18-20(23(28)27(14)13-15-5-4-10-26-12-15)19(16-6-8-17(30-2)9-7-16)21(22(25)32-18)24(29)31-3/h4-12,19H,13,25H2,1-3H3/t19-/m1/s1. The van der Waals surface area contributed by atoms with Crippen molar-refractivity contribution < 1.29 is 19.0 Å². The fraction of sp³-hybridized carbons (Fsp3) is 0.208. The molecule has 0 spiro atoms. The molecular weight excluding hydrogens is 410 g/mol. The third kappa shape index (κ3) is 3.71. The third-order valence-corrected chi connectivity index (χ3v) is 5.49. The lowest BCUT2D eigenvalue weighted by molar-refractivity contribution is -0.136. The first-order valence-electron chi connectivity index (χ1n) is 9.97. The van der Waals surface area contributed by atoms with Crippen LogP contribution in [0.15, 0.2) is 71.1 Å². The van der Waals surface area contributed by atoms with E-state index in [2.05, 4.69) is 4.98 Å². The summed E-state index contributed by atoms with van der Waals surface area (Å²) in [7, 11) is 2.83. The van der Waals surface area contributed by atoms with Crippen LogP contribution >= 0.6 is 0 Å². The van der Waals surface area contributed by atoms with Crippen LogP contribution in [0.5, 0.6) is 11.5 Å². The van der Waals surface area contributed by atoms with Gasteiger partial charge in [-0.2, -0.15) is 0 Å². The maximum atomic E-state index is 13.7. The van der Waals surface area contributed by atoms with Gasteiger partial charge in [0.15, 0.2) is 0 Å². The van der Waals surface area contributed by atoms with Crippen LogP contribution in [0.3, 0.4) is 0 Å². The first-order chi connectivity index (χ1) is 15.4. The molecule has 3 heterocycles. The van der Waals surface area contributed by atoms with Crippen LogP contribution < -0.4 is 20.8 Å². The van der Waals surface area contributed by atoms with E-state index in [9.17, 15) is 9.59 Å². The van der Waals surface area contributed by atoms with E-state index in [-0.39, 0.29) is 17.0 Å². The summed E-state index contributed by atoms with van der Waals surface area (Å²) in [6.45, 7) is 2.15. The number of carbonyl (C=O) groups excluding carboxylic acids is 1. The lowest BCUT2D eigenvalue weighted by Gasteiger charge is -2.29. The number of fused-ring (bicyclic) bond motifs is 1. The molecule has 1 aromatic carbocycles. The zero-order valence-electron chi connectivity index (χ0n) is 18.0. The molecule has 8 heteroatoms. The molecule has 2 N–H and O–H groups in total. The predicted molar refractivity (Wildman–Crippen MR) is 117 cm³/mol. The maximum Gasteiger partial charge on any atom is 0.340 e. The summed E-state index contributed by atoms with van der Waals surface area (Å²) >= 11 is 0. The molecule has 0 unspecified atom stereocenters. The van der Waals surface area contributed by atoms with Gasteiger partial charge in [0.25, 0.3) is 5.56 Å². The monoisotopic (exact) mass is 433 g/mol. The Kier molecular flexibility index (Phi) is 5.68. The van der Waals surface area contributed by atoms with Crippen LogP contribution in [0.1, 0.15) is 28.3 Å². The summed E-state index contributed by atoms with van der Waals surface area (Å²) in [5, 5.41) is 0. The van der Waals surface area contributed by atoms with Gasteiger partial charge in [0.1, 0.15) is 17.1 Å². The number of hydrogen-bond donors (Lipinski definition) is 1. The van der Waals surface area contributed by atoms with Gasteiger partial charge in [0.2, 0.25) is 5.88 Å². The first kappa shape index (κ1) is 21.2. The number of esters is 1. The number of methoxy groups -OCH3 is 2. The Hall–Kier alpha value is -4.07. The van der Waals surface area contributed by atoms with E-state index >= 15 is 0 Å². The van der Waals surface area contributed by atoms with Crippen LogP contribution in [-0.4, -0.2) is 29.7 Å². The quantitative estimate of drug-likeness (QED) is 0.616. The molecule has 1 aliphatic rings. The number of aromatic nitrogens is 2. The van der Waals surface area contributed by atoms with Crippen molar-refractivity contribution in [1.82, 2.24) is 9.55 Å². The highest BCUT2D eigenvalue weighted by atomic mass is 16.5. The highest BCUT2D eigenvalue weighted by Crippen LogP contribution is 2.41. The van der Waals surface area contributed by atoms with Crippen LogP contribution in [0, 0.1) is 6.92 Å². The summed E-state index contributed by atoms with van der Waals surface area (Å²) < 4.78 is 17.6. The number of nitrogens with zero attached hydrogens (tertiary/aromatic N) is 2. The SMILES string of the molecule is COC(=O)C1=C(N)Oc2cc(C)n(Cc3cccnc3)c(=O)c2[C@H]1c1ccc(OC)cc1. The Balaban J connectivity index is 1.93. The first-order valence-corrected chi connectivity index (χ1v) is 9.97. The van der Waals surface area contributed by atoms with E-state index in [0.29, 0.717) is 34.9 Å². The molecule has 2 aromatic heterocycles. The van der Waals surface area contributed by atoms with Gasteiger partial charge >= 0.3 is 5.97 Å². The molecular formula is C24H23N3O5. The third-order valence-electron chi connectivity index (χ3n) is 5.49. The van der Waals surface area contributed by atoms with Crippen LogP contribution in [0.4, 0.5) is 0 Å². The van der Waals surface area contributed by atoms with Crippen molar-refractivity contribution in [3.63, 3.8) is 0 Å². The summed E-state index contributed by atoms with van der Waals surface area (Å²) in [5.41, 5.74) is 8.51. The molecule has 0 saturated carbocycles. The summed E-state index contributed by atoms with van der Waals surface area (Å²) in [6.07, 6.45) is 3.39. The molecule has 1 aliphatic heterocycles. The number of nitrogens with two attached hydrogens (primary N) is 1. The molecule has 32 heavy (non-hydrogen) atoms. The number of pyridine rings is 2. The Morgan fingerprint density at radius 3 is 2.59 bits per heavy atom. The Labute approximate surface area is 184 Å². The van der Waals surface area contributed by atoms with Crippen LogP contribution in [-0.2, 0) is 16.1 Å². The van der Waals surface area contributed by atoms with Crippen LogP contribution in [0.2, 0.25) is 0 Å². The molecule has 8 nitrogen and oxygen atoms in total. The summed E-state index contributed by atoms with van der Waals surface area (Å²) in [6, 6.07) is 12.6. The van der Waals surface area contributed by atoms with Crippen molar-refractivity contribution in [2.45, 2.75) is 19.4 Å². The summed E-state index contributed by atoms with van der Waals surface area (Å²) in [4.78, 5) is 30.5. The molecule has 0 amide bonds. The zero-order valence-corrected chi connectivity index (χ0v) is 18.0. The van der Waals surface area contributed by atoms with Crippen LogP contribution in [0.25, 0.3) is 0 Å². The zero-order chi connectivity index (χ0) is 22.8. The van der Waals surface area contributed by atoms with E-state index < -0.39 is 11.9 Å². The molecule has 0 aliphatic carbocycles. The fourth-order valence-corrected chi connectivity index (χ4v) is 3.90. The van der Waals surface area contributed by atoms with Gasteiger partial charge in [-0.1, -0.05) is 18.2 Å². The molecule has 0 bridgehead atoms. The molecule has 0 fully saturated rings. The van der Waals surface area contributed by atoms with E-state index in [1.807, 2.05) is 19.1 Å². The van der Waals surface area contributed by atoms with E-state index in [1.165, 1.54) is 7.11 Å². The van der Waals surface area contributed by atoms with Crippen molar-refractivity contribution in [1.29, 1.82) is 0 Å². The van der Waals surface area contributed by atoms with E-state index in [0.717, 1.165) is 5.56 Å². The average Bonchev–Trinajstić information content (AvgIpc) is 2.81. The molecule has 4 rings (SSSR count). The highest BCUT2D eigenvalue weighted by molar-refractivity contribution is 5.92. The number of hydrogen-bond acceptors (Lipinski definition) is 7. The lowest BCUT2D eigenvalue weighted by Crippen LogP contribution is -2.35. The van der Waals surface area contributed by atoms with Gasteiger partial charge in [-0.25, -0.2) is 4.79 Å². The minimum Gasteiger partial charge on any atom is -0.497 e. The maximum absolute atomic E-state index is 13.7. The van der Waals surface area contributed by atoms with Crippen molar-refractivity contribution in [3.05, 3.63) is 99.1 Å². The van der Waals surface area contributed by atoms with Crippen molar-refractivity contribution in [2.75, 3.05) is 14.2 Å². The largest absolute Gasteiger partial charge is 0.497 e. The Morgan fingerprint density at radius 1 is 1.22 bits per heavy atom. The second-order valence-electron chi connectivity index (χ2n) is 7.39. The number of ether oxygens (including phenoxy) is 3. The molecule has 1 atom stereocenters. The topological polar surface area (TPSA) is 106 Å². The number of rotatable bonds is 5. The molecule has 0 radical (unpaired) electrons. The number of aryl methyl sites for hydroxylation is 1. The van der Waals surface area contributed by atoms with Crippen molar-refractivity contribution in [3.8, 4) is 11.5 Å². The summed E-state index contributed by atoms with van der Waals surface area (Å²) in [5.74, 6) is -0.538. The number of benzene rings is 1. The smallest absolute Gasteiger partial charge is 0.340 e. The van der Waals surface area contributed by atoms with Gasteiger partial charge in [0.05, 0.1) is 32.2 Å². The Morgan fingerprint density at radius 2 is 1.97 bits per heavy atom. The fourth-order valence-electron chi connectivity index (χ4n) is 3.90. The van der Waals surface area contributed by atoms with E-state index in [1.54, 1.807) is 54.4 Å². The number of carbonyl (C=O) groups is 1. The minimum absolute atomic E-state index is 0.0825. The van der Waals surface area contributed by atoms with Gasteiger partial charge in [0, 0.05) is 24.2 Å². The molecule has 0 saturated heterocycles. The van der Waals surface area contributed by atoms with Crippen molar-refractivity contribution in [2.24, 2.45) is 5.73 Å². The van der Waals surface area contributed by atoms with Gasteiger partial charge in [-0.15, -0.1) is 0 Å². The Bertz CT molecular complexity index is 1250. The molecule has 3 aromatic rings. The van der Waals surface area contributed by atoms with Gasteiger partial charge < -0.3 is 24.5 Å².